The van der Waals surface area contributed by atoms with Crippen LogP contribution in [0.5, 0.6) is 5.88 Å². The Kier molecular flexibility index (Phi) is 5.08. The second-order valence-corrected chi connectivity index (χ2v) is 5.46. The van der Waals surface area contributed by atoms with Crippen LogP contribution in [0.3, 0.4) is 0 Å². The molecule has 1 aromatic heterocycles. The fraction of sp³-hybridized carbons (Fsp3) is 0.467. The highest BCUT2D eigenvalue weighted by Crippen LogP contribution is 2.15. The van der Waals surface area contributed by atoms with Gasteiger partial charge in [0, 0.05) is 31.6 Å². The molecule has 1 fully saturated rings. The predicted octanol–water partition coefficient (Wildman–Crippen LogP) is 0.538. The molecule has 7 nitrogen and oxygen atoms in total. The Labute approximate surface area is 128 Å². The SMILES string of the molecule is CC(C)Oc1cc(CNC(=O)CC2CC(=O)NC2=O)ccn1. The Bertz CT molecular complexity index is 586. The zero-order valence-electron chi connectivity index (χ0n) is 12.6. The van der Waals surface area contributed by atoms with Gasteiger partial charge in [0.15, 0.2) is 0 Å². The molecular formula is C15H19N3O4. The Balaban J connectivity index is 1.83. The zero-order valence-corrected chi connectivity index (χ0v) is 12.6. The Morgan fingerprint density at radius 1 is 1.50 bits per heavy atom. The van der Waals surface area contributed by atoms with Gasteiger partial charge in [-0.2, -0.15) is 0 Å². The molecule has 0 spiro atoms. The van der Waals surface area contributed by atoms with Crippen molar-refractivity contribution in [1.82, 2.24) is 15.6 Å². The van der Waals surface area contributed by atoms with Gasteiger partial charge in [-0.25, -0.2) is 4.98 Å². The summed E-state index contributed by atoms with van der Waals surface area (Å²) in [5.74, 6) is -1.03. The number of ether oxygens (including phenoxy) is 1. The van der Waals surface area contributed by atoms with E-state index in [2.05, 4.69) is 15.6 Å². The molecule has 2 rings (SSSR count). The normalized spacial score (nSPS) is 17.5. The number of carbonyl (C=O) groups is 3. The first-order valence-electron chi connectivity index (χ1n) is 7.16. The van der Waals surface area contributed by atoms with E-state index >= 15 is 0 Å². The summed E-state index contributed by atoms with van der Waals surface area (Å²) in [6.45, 7) is 4.13. The minimum atomic E-state index is -0.565. The van der Waals surface area contributed by atoms with Gasteiger partial charge >= 0.3 is 0 Å². The molecule has 1 saturated heterocycles. The molecule has 0 radical (unpaired) electrons. The molecule has 0 aliphatic carbocycles. The highest BCUT2D eigenvalue weighted by atomic mass is 16.5. The minimum absolute atomic E-state index is 0.0119. The number of carbonyl (C=O) groups excluding carboxylic acids is 3. The Morgan fingerprint density at radius 3 is 2.91 bits per heavy atom. The maximum absolute atomic E-state index is 11.8. The van der Waals surface area contributed by atoms with Crippen molar-refractivity contribution in [2.24, 2.45) is 5.92 Å². The Hall–Kier alpha value is -2.44. The number of pyridine rings is 1. The van der Waals surface area contributed by atoms with Gasteiger partial charge in [0.05, 0.1) is 12.0 Å². The molecule has 3 amide bonds. The van der Waals surface area contributed by atoms with Crippen LogP contribution in [-0.2, 0) is 20.9 Å². The van der Waals surface area contributed by atoms with Crippen LogP contribution < -0.4 is 15.4 Å². The smallest absolute Gasteiger partial charge is 0.230 e. The average molecular weight is 305 g/mol. The number of rotatable bonds is 6. The first-order valence-corrected chi connectivity index (χ1v) is 7.16. The highest BCUT2D eigenvalue weighted by Gasteiger charge is 2.31. The number of aromatic nitrogens is 1. The number of imide groups is 1. The van der Waals surface area contributed by atoms with Gasteiger partial charge in [0.2, 0.25) is 23.6 Å². The number of nitrogens with one attached hydrogen (secondary N) is 2. The fourth-order valence-corrected chi connectivity index (χ4v) is 2.13. The zero-order chi connectivity index (χ0) is 16.1. The van der Waals surface area contributed by atoms with Crippen LogP contribution in [0.25, 0.3) is 0 Å². The molecular weight excluding hydrogens is 286 g/mol. The standard InChI is InChI=1S/C15H19N3O4/c1-9(2)22-14-5-10(3-4-16-14)8-17-12(19)6-11-7-13(20)18-15(11)21/h3-5,9,11H,6-8H2,1-2H3,(H,17,19)(H,18,20,21). The van der Waals surface area contributed by atoms with Crippen LogP contribution in [0.4, 0.5) is 0 Å². The lowest BCUT2D eigenvalue weighted by molar-refractivity contribution is -0.129. The molecule has 0 bridgehead atoms. The van der Waals surface area contributed by atoms with Crippen LogP contribution in [0.1, 0.15) is 32.3 Å². The summed E-state index contributed by atoms with van der Waals surface area (Å²) in [5.41, 5.74) is 0.853. The van der Waals surface area contributed by atoms with E-state index in [1.54, 1.807) is 18.3 Å². The summed E-state index contributed by atoms with van der Waals surface area (Å²) >= 11 is 0. The summed E-state index contributed by atoms with van der Waals surface area (Å²) in [4.78, 5) is 38.4. The Morgan fingerprint density at radius 2 is 2.27 bits per heavy atom. The van der Waals surface area contributed by atoms with E-state index in [-0.39, 0.29) is 36.7 Å². The highest BCUT2D eigenvalue weighted by molar-refractivity contribution is 6.04. The predicted molar refractivity (Wildman–Crippen MR) is 77.7 cm³/mol. The number of hydrogen-bond donors (Lipinski definition) is 2. The second kappa shape index (κ2) is 7.02. The van der Waals surface area contributed by atoms with Crippen LogP contribution >= 0.6 is 0 Å². The van der Waals surface area contributed by atoms with Crippen molar-refractivity contribution < 1.29 is 19.1 Å². The molecule has 2 heterocycles. The van der Waals surface area contributed by atoms with Crippen molar-refractivity contribution in [2.45, 2.75) is 39.3 Å². The van der Waals surface area contributed by atoms with Crippen molar-refractivity contribution >= 4 is 17.7 Å². The summed E-state index contributed by atoms with van der Waals surface area (Å²) in [6.07, 6.45) is 1.73. The van der Waals surface area contributed by atoms with Gasteiger partial charge < -0.3 is 10.1 Å². The van der Waals surface area contributed by atoms with Crippen LogP contribution in [0.15, 0.2) is 18.3 Å². The maximum atomic E-state index is 11.8. The lowest BCUT2D eigenvalue weighted by Gasteiger charge is -2.11. The van der Waals surface area contributed by atoms with E-state index < -0.39 is 5.92 Å². The molecule has 22 heavy (non-hydrogen) atoms. The number of amides is 3. The first-order chi connectivity index (χ1) is 10.4. The molecule has 1 aliphatic heterocycles. The first kappa shape index (κ1) is 15.9. The lowest BCUT2D eigenvalue weighted by atomic mass is 10.0. The molecule has 7 heteroatoms. The van der Waals surface area contributed by atoms with Gasteiger partial charge in [-0.3, -0.25) is 19.7 Å². The molecule has 2 N–H and O–H groups in total. The van der Waals surface area contributed by atoms with Gasteiger partial charge in [-0.05, 0) is 25.5 Å². The fourth-order valence-electron chi connectivity index (χ4n) is 2.13. The monoisotopic (exact) mass is 305 g/mol. The van der Waals surface area contributed by atoms with Crippen LogP contribution in [0, 0.1) is 5.92 Å². The third-order valence-corrected chi connectivity index (χ3v) is 3.14. The molecule has 118 valence electrons. The van der Waals surface area contributed by atoms with E-state index in [1.165, 1.54) is 0 Å². The molecule has 1 aromatic rings. The topological polar surface area (TPSA) is 97.4 Å². The number of hydrogen-bond acceptors (Lipinski definition) is 5. The molecule has 1 aliphatic rings. The van der Waals surface area contributed by atoms with Gasteiger partial charge in [-0.1, -0.05) is 0 Å². The minimum Gasteiger partial charge on any atom is -0.475 e. The molecule has 0 aromatic carbocycles. The quantitative estimate of drug-likeness (QED) is 0.748. The second-order valence-electron chi connectivity index (χ2n) is 5.46. The van der Waals surface area contributed by atoms with Gasteiger partial charge in [0.25, 0.3) is 0 Å². The van der Waals surface area contributed by atoms with Crippen molar-refractivity contribution in [3.63, 3.8) is 0 Å². The molecule has 1 unspecified atom stereocenters. The average Bonchev–Trinajstić information content (AvgIpc) is 2.74. The number of nitrogens with zero attached hydrogens (tertiary/aromatic N) is 1. The van der Waals surface area contributed by atoms with Crippen molar-refractivity contribution in [3.05, 3.63) is 23.9 Å². The van der Waals surface area contributed by atoms with Crippen molar-refractivity contribution in [1.29, 1.82) is 0 Å². The van der Waals surface area contributed by atoms with E-state index in [0.717, 1.165) is 5.56 Å². The van der Waals surface area contributed by atoms with E-state index in [9.17, 15) is 14.4 Å². The van der Waals surface area contributed by atoms with Crippen molar-refractivity contribution in [3.8, 4) is 5.88 Å². The van der Waals surface area contributed by atoms with E-state index in [1.807, 2.05) is 13.8 Å². The van der Waals surface area contributed by atoms with Gasteiger partial charge in [0.1, 0.15) is 0 Å². The van der Waals surface area contributed by atoms with Crippen LogP contribution in [-0.4, -0.2) is 28.8 Å². The largest absolute Gasteiger partial charge is 0.475 e. The summed E-state index contributed by atoms with van der Waals surface area (Å²) in [6, 6.07) is 3.53. The molecule has 0 saturated carbocycles. The van der Waals surface area contributed by atoms with Crippen molar-refractivity contribution in [2.75, 3.05) is 0 Å². The summed E-state index contributed by atoms with van der Waals surface area (Å²) in [5, 5.41) is 4.92. The van der Waals surface area contributed by atoms with E-state index in [4.69, 9.17) is 4.74 Å². The summed E-state index contributed by atoms with van der Waals surface area (Å²) < 4.78 is 5.48. The van der Waals surface area contributed by atoms with Crippen LogP contribution in [0.2, 0.25) is 0 Å². The molecule has 1 atom stereocenters. The van der Waals surface area contributed by atoms with E-state index in [0.29, 0.717) is 12.4 Å². The van der Waals surface area contributed by atoms with Gasteiger partial charge in [-0.15, -0.1) is 0 Å². The summed E-state index contributed by atoms with van der Waals surface area (Å²) in [7, 11) is 0. The lowest BCUT2D eigenvalue weighted by Crippen LogP contribution is -2.28. The maximum Gasteiger partial charge on any atom is 0.230 e. The third-order valence-electron chi connectivity index (χ3n) is 3.14. The third kappa shape index (κ3) is 4.54.